The number of carbonyl (C=O) groups is 2. The van der Waals surface area contributed by atoms with Crippen molar-refractivity contribution in [2.24, 2.45) is 0 Å². The van der Waals surface area contributed by atoms with Crippen LogP contribution in [0.15, 0.2) is 22.7 Å². The van der Waals surface area contributed by atoms with Gasteiger partial charge in [0.2, 0.25) is 5.91 Å². The van der Waals surface area contributed by atoms with E-state index in [9.17, 15) is 9.59 Å². The van der Waals surface area contributed by atoms with Crippen molar-refractivity contribution in [1.29, 1.82) is 0 Å². The van der Waals surface area contributed by atoms with Crippen LogP contribution in [0.4, 0.5) is 4.79 Å². The quantitative estimate of drug-likeness (QED) is 0.546. The summed E-state index contributed by atoms with van der Waals surface area (Å²) >= 11 is 3.12. The molecule has 2 heterocycles. The summed E-state index contributed by atoms with van der Waals surface area (Å²) in [5.41, 5.74) is 0. The van der Waals surface area contributed by atoms with Crippen LogP contribution in [0, 0.1) is 0 Å². The number of imide groups is 1. The summed E-state index contributed by atoms with van der Waals surface area (Å²) in [6, 6.07) is 4.34. The molecule has 0 aromatic carbocycles. The first-order valence-electron chi connectivity index (χ1n) is 11.8. The SMILES string of the molecule is CC(Sc1nnc(Cc2cccs2)n1C1CCCCC1)C(=O)NC(=O)NC1CCCCC1. The van der Waals surface area contributed by atoms with Gasteiger partial charge in [-0.15, -0.1) is 21.5 Å². The molecule has 0 bridgehead atoms. The molecule has 2 fully saturated rings. The zero-order valence-electron chi connectivity index (χ0n) is 18.7. The third kappa shape index (κ3) is 6.13. The van der Waals surface area contributed by atoms with Gasteiger partial charge in [0.1, 0.15) is 5.82 Å². The summed E-state index contributed by atoms with van der Waals surface area (Å²) < 4.78 is 2.26. The molecule has 1 atom stereocenters. The second-order valence-electron chi connectivity index (χ2n) is 8.87. The van der Waals surface area contributed by atoms with E-state index in [-0.39, 0.29) is 18.0 Å². The van der Waals surface area contributed by atoms with Gasteiger partial charge in [-0.25, -0.2) is 4.79 Å². The number of nitrogens with one attached hydrogen (secondary N) is 2. The van der Waals surface area contributed by atoms with Crippen LogP contribution in [0.25, 0.3) is 0 Å². The van der Waals surface area contributed by atoms with E-state index >= 15 is 0 Å². The number of aromatic nitrogens is 3. The van der Waals surface area contributed by atoms with Gasteiger partial charge < -0.3 is 9.88 Å². The lowest BCUT2D eigenvalue weighted by molar-refractivity contribution is -0.119. The lowest BCUT2D eigenvalue weighted by Gasteiger charge is -2.26. The van der Waals surface area contributed by atoms with Gasteiger partial charge in [0.15, 0.2) is 5.16 Å². The van der Waals surface area contributed by atoms with Gasteiger partial charge in [-0.2, -0.15) is 0 Å². The molecular formula is C23H33N5O2S2. The van der Waals surface area contributed by atoms with Crippen LogP contribution in [0.1, 0.15) is 87.9 Å². The standard InChI is InChI=1S/C23H33N5O2S2/c1-16(21(29)25-22(30)24-17-9-4-2-5-10-17)32-23-27-26-20(15-19-13-8-14-31-19)28(23)18-11-6-3-7-12-18/h8,13-14,16-18H,2-7,9-12,15H2,1H3,(H2,24,25,29,30). The molecule has 4 rings (SSSR count). The number of hydrogen-bond donors (Lipinski definition) is 2. The highest BCUT2D eigenvalue weighted by Gasteiger charge is 2.27. The van der Waals surface area contributed by atoms with E-state index in [2.05, 4.69) is 42.9 Å². The highest BCUT2D eigenvalue weighted by atomic mass is 32.2. The molecule has 0 aliphatic heterocycles. The van der Waals surface area contributed by atoms with E-state index < -0.39 is 5.25 Å². The van der Waals surface area contributed by atoms with Gasteiger partial charge >= 0.3 is 6.03 Å². The molecule has 0 spiro atoms. The predicted octanol–water partition coefficient (Wildman–Crippen LogP) is 5.07. The highest BCUT2D eigenvalue weighted by Crippen LogP contribution is 2.34. The fourth-order valence-corrected chi connectivity index (χ4v) is 6.32. The number of amides is 3. The van der Waals surface area contributed by atoms with E-state index in [1.807, 2.05) is 6.92 Å². The van der Waals surface area contributed by atoms with Crippen LogP contribution in [0.3, 0.4) is 0 Å². The molecule has 2 aromatic heterocycles. The van der Waals surface area contributed by atoms with Crippen LogP contribution in [-0.2, 0) is 11.2 Å². The van der Waals surface area contributed by atoms with Crippen molar-refractivity contribution in [1.82, 2.24) is 25.4 Å². The van der Waals surface area contributed by atoms with Crippen LogP contribution in [-0.4, -0.2) is 38.0 Å². The van der Waals surface area contributed by atoms with Crippen molar-refractivity contribution in [3.8, 4) is 0 Å². The fourth-order valence-electron chi connectivity index (χ4n) is 4.68. The number of thiophene rings is 1. The Bertz CT molecular complexity index is 886. The molecule has 7 nitrogen and oxygen atoms in total. The molecule has 0 saturated heterocycles. The minimum atomic E-state index is -0.437. The average molecular weight is 476 g/mol. The van der Waals surface area contributed by atoms with Gasteiger partial charge in [-0.05, 0) is 44.1 Å². The van der Waals surface area contributed by atoms with Gasteiger partial charge in [0.25, 0.3) is 0 Å². The maximum Gasteiger partial charge on any atom is 0.321 e. The Kier molecular flexibility index (Phi) is 8.24. The van der Waals surface area contributed by atoms with Gasteiger partial charge in [-0.3, -0.25) is 10.1 Å². The number of nitrogens with zero attached hydrogens (tertiary/aromatic N) is 3. The molecule has 32 heavy (non-hydrogen) atoms. The second kappa shape index (κ2) is 11.3. The minimum Gasteiger partial charge on any atom is -0.335 e. The third-order valence-electron chi connectivity index (χ3n) is 6.42. The first-order chi connectivity index (χ1) is 15.6. The number of hydrogen-bond acceptors (Lipinski definition) is 6. The van der Waals surface area contributed by atoms with Crippen molar-refractivity contribution < 1.29 is 9.59 Å². The van der Waals surface area contributed by atoms with Crippen LogP contribution < -0.4 is 10.6 Å². The Hall–Kier alpha value is -1.87. The van der Waals surface area contributed by atoms with Crippen LogP contribution in [0.2, 0.25) is 0 Å². The molecule has 3 amide bonds. The zero-order valence-corrected chi connectivity index (χ0v) is 20.3. The Morgan fingerprint density at radius 2 is 1.84 bits per heavy atom. The van der Waals surface area contributed by atoms with E-state index in [0.717, 1.165) is 55.9 Å². The topological polar surface area (TPSA) is 88.9 Å². The third-order valence-corrected chi connectivity index (χ3v) is 8.35. The summed E-state index contributed by atoms with van der Waals surface area (Å²) in [5, 5.41) is 16.9. The lowest BCUT2D eigenvalue weighted by atomic mass is 9.95. The van der Waals surface area contributed by atoms with E-state index in [1.165, 1.54) is 42.3 Å². The highest BCUT2D eigenvalue weighted by molar-refractivity contribution is 8.00. The molecule has 2 N–H and O–H groups in total. The van der Waals surface area contributed by atoms with Crippen LogP contribution >= 0.6 is 23.1 Å². The molecule has 2 aliphatic rings. The monoisotopic (exact) mass is 475 g/mol. The summed E-state index contributed by atoms with van der Waals surface area (Å²) in [5.74, 6) is 0.672. The Labute approximate surface area is 198 Å². The number of carbonyl (C=O) groups excluding carboxylic acids is 2. The van der Waals surface area contributed by atoms with E-state index in [4.69, 9.17) is 0 Å². The molecule has 2 saturated carbocycles. The first kappa shape index (κ1) is 23.3. The molecule has 1 unspecified atom stereocenters. The van der Waals surface area contributed by atoms with E-state index in [0.29, 0.717) is 6.04 Å². The normalized spacial score (nSPS) is 18.9. The molecule has 174 valence electrons. The Morgan fingerprint density at radius 1 is 1.12 bits per heavy atom. The summed E-state index contributed by atoms with van der Waals surface area (Å²) in [6.07, 6.45) is 12.2. The maximum atomic E-state index is 12.7. The minimum absolute atomic E-state index is 0.175. The maximum absolute atomic E-state index is 12.7. The van der Waals surface area contributed by atoms with Gasteiger partial charge in [0.05, 0.1) is 5.25 Å². The van der Waals surface area contributed by atoms with Crippen molar-refractivity contribution in [3.05, 3.63) is 28.2 Å². The predicted molar refractivity (Wildman–Crippen MR) is 128 cm³/mol. The molecule has 0 radical (unpaired) electrons. The Balaban J connectivity index is 1.41. The number of thioether (sulfide) groups is 1. The summed E-state index contributed by atoms with van der Waals surface area (Å²) in [6.45, 7) is 1.83. The van der Waals surface area contributed by atoms with Crippen molar-refractivity contribution in [3.63, 3.8) is 0 Å². The van der Waals surface area contributed by atoms with Crippen molar-refractivity contribution >= 4 is 35.0 Å². The fraction of sp³-hybridized carbons (Fsp3) is 0.652. The molecule has 2 aliphatic carbocycles. The first-order valence-corrected chi connectivity index (χ1v) is 13.6. The second-order valence-corrected chi connectivity index (χ2v) is 11.2. The average Bonchev–Trinajstić information content (AvgIpc) is 3.45. The van der Waals surface area contributed by atoms with Gasteiger partial charge in [-0.1, -0.05) is 56.4 Å². The smallest absolute Gasteiger partial charge is 0.321 e. The van der Waals surface area contributed by atoms with Crippen LogP contribution in [0.5, 0.6) is 0 Å². The van der Waals surface area contributed by atoms with Crippen molar-refractivity contribution in [2.45, 2.75) is 100 Å². The lowest BCUT2D eigenvalue weighted by Crippen LogP contribution is -2.47. The van der Waals surface area contributed by atoms with E-state index in [1.54, 1.807) is 11.3 Å². The largest absolute Gasteiger partial charge is 0.335 e. The summed E-state index contributed by atoms with van der Waals surface area (Å²) in [4.78, 5) is 26.3. The van der Waals surface area contributed by atoms with Gasteiger partial charge in [0, 0.05) is 23.4 Å². The summed E-state index contributed by atoms with van der Waals surface area (Å²) in [7, 11) is 0. The molecule has 9 heteroatoms. The molecular weight excluding hydrogens is 442 g/mol. The number of rotatable bonds is 7. The van der Waals surface area contributed by atoms with Crippen molar-refractivity contribution in [2.75, 3.05) is 0 Å². The number of urea groups is 1. The Morgan fingerprint density at radius 3 is 2.53 bits per heavy atom. The molecule has 2 aromatic rings. The zero-order chi connectivity index (χ0) is 22.3.